The third-order valence-electron chi connectivity index (χ3n) is 4.82. The molecule has 27 heavy (non-hydrogen) atoms. The molecule has 0 amide bonds. The van der Waals surface area contributed by atoms with E-state index in [0.717, 1.165) is 22.5 Å². The Labute approximate surface area is 159 Å². The van der Waals surface area contributed by atoms with Crippen LogP contribution < -0.4 is 0 Å². The lowest BCUT2D eigenvalue weighted by Crippen LogP contribution is -2.39. The largest absolute Gasteiger partial charge is 0.177 e. The molecule has 3 aromatic carbocycles. The van der Waals surface area contributed by atoms with Crippen LogP contribution in [0.2, 0.25) is 0 Å². The number of aromatic nitrogens is 4. The van der Waals surface area contributed by atoms with Gasteiger partial charge in [0.2, 0.25) is 0 Å². The maximum atomic E-state index is 4.81. The van der Waals surface area contributed by atoms with Crippen LogP contribution in [0, 0.1) is 0 Å². The summed E-state index contributed by atoms with van der Waals surface area (Å²) in [5, 5.41) is 13.7. The minimum atomic E-state index is -0.691. The van der Waals surface area contributed by atoms with E-state index in [1.807, 2.05) is 18.2 Å². The number of rotatable bonds is 5. The molecule has 0 N–H and O–H groups in total. The summed E-state index contributed by atoms with van der Waals surface area (Å²) in [6, 6.07) is 31.1. The molecule has 0 aliphatic carbocycles. The summed E-state index contributed by atoms with van der Waals surface area (Å²) < 4.78 is 0. The molecule has 0 unspecified atom stereocenters. The van der Waals surface area contributed by atoms with Crippen LogP contribution in [0.25, 0.3) is 0 Å². The van der Waals surface area contributed by atoms with Gasteiger partial charge in [-0.2, -0.15) is 0 Å². The first-order chi connectivity index (χ1) is 13.2. The van der Waals surface area contributed by atoms with Crippen LogP contribution in [0.15, 0.2) is 91.0 Å². The average molecular weight is 354 g/mol. The van der Waals surface area contributed by atoms with E-state index in [1.165, 1.54) is 0 Å². The molecule has 0 spiro atoms. The van der Waals surface area contributed by atoms with Crippen LogP contribution >= 0.6 is 0 Å². The van der Waals surface area contributed by atoms with Crippen molar-refractivity contribution in [2.75, 3.05) is 0 Å². The van der Waals surface area contributed by atoms with Crippen LogP contribution in [0.4, 0.5) is 0 Å². The molecule has 0 bridgehead atoms. The Kier molecular flexibility index (Phi) is 4.55. The summed E-state index contributed by atoms with van der Waals surface area (Å²) in [5.74, 6) is 0.945. The highest BCUT2D eigenvalue weighted by molar-refractivity contribution is 5.49. The standard InChI is InChI=1S/C23H22N4/c1-18(2)22-24-26-27(25-22)23(19-12-6-3-7-13-19,20-14-8-4-9-15-20)21-16-10-5-11-17-21/h3-18H,1-2H3. The molecule has 134 valence electrons. The highest BCUT2D eigenvalue weighted by atomic mass is 15.6. The zero-order chi connectivity index (χ0) is 18.7. The van der Waals surface area contributed by atoms with Crippen LogP contribution in [-0.4, -0.2) is 20.2 Å². The molecule has 1 aromatic heterocycles. The fraction of sp³-hybridized carbons (Fsp3) is 0.174. The molecular weight excluding hydrogens is 332 g/mol. The van der Waals surface area contributed by atoms with Crippen molar-refractivity contribution in [3.63, 3.8) is 0 Å². The van der Waals surface area contributed by atoms with E-state index in [4.69, 9.17) is 5.10 Å². The van der Waals surface area contributed by atoms with Gasteiger partial charge < -0.3 is 0 Å². The van der Waals surface area contributed by atoms with Gasteiger partial charge in [-0.15, -0.1) is 15.0 Å². The van der Waals surface area contributed by atoms with E-state index >= 15 is 0 Å². The maximum absolute atomic E-state index is 4.81. The highest BCUT2D eigenvalue weighted by Crippen LogP contribution is 2.39. The van der Waals surface area contributed by atoms with Crippen LogP contribution in [0.3, 0.4) is 0 Å². The lowest BCUT2D eigenvalue weighted by molar-refractivity contribution is 0.393. The van der Waals surface area contributed by atoms with Crippen LogP contribution in [0.1, 0.15) is 42.3 Å². The second-order valence-electron chi connectivity index (χ2n) is 6.90. The topological polar surface area (TPSA) is 43.6 Å². The molecular formula is C23H22N4. The Bertz CT molecular complexity index is 896. The quantitative estimate of drug-likeness (QED) is 0.491. The van der Waals surface area contributed by atoms with E-state index in [1.54, 1.807) is 4.80 Å². The van der Waals surface area contributed by atoms with Gasteiger partial charge in [-0.05, 0) is 21.9 Å². The Hall–Kier alpha value is -3.27. The minimum Gasteiger partial charge on any atom is -0.144 e. The van der Waals surface area contributed by atoms with E-state index < -0.39 is 5.54 Å². The lowest BCUT2D eigenvalue weighted by Gasteiger charge is -2.34. The SMILES string of the molecule is CC(C)c1nnn(C(c2ccccc2)(c2ccccc2)c2ccccc2)n1. The van der Waals surface area contributed by atoms with Gasteiger partial charge >= 0.3 is 0 Å². The molecule has 4 nitrogen and oxygen atoms in total. The van der Waals surface area contributed by atoms with Crippen molar-refractivity contribution in [2.24, 2.45) is 0 Å². The molecule has 0 atom stereocenters. The number of benzene rings is 3. The monoisotopic (exact) mass is 354 g/mol. The number of tetrazole rings is 1. The number of hydrogen-bond donors (Lipinski definition) is 0. The second kappa shape index (κ2) is 7.16. The zero-order valence-corrected chi connectivity index (χ0v) is 15.5. The van der Waals surface area contributed by atoms with Crippen LogP contribution in [0.5, 0.6) is 0 Å². The fourth-order valence-electron chi connectivity index (χ4n) is 3.48. The third kappa shape index (κ3) is 2.93. The lowest BCUT2D eigenvalue weighted by atomic mass is 9.77. The first kappa shape index (κ1) is 17.2. The second-order valence-corrected chi connectivity index (χ2v) is 6.90. The smallest absolute Gasteiger partial charge is 0.144 e. The van der Waals surface area contributed by atoms with Crippen molar-refractivity contribution < 1.29 is 0 Å². The maximum Gasteiger partial charge on any atom is 0.177 e. The van der Waals surface area contributed by atoms with E-state index in [-0.39, 0.29) is 5.92 Å². The van der Waals surface area contributed by atoms with E-state index in [9.17, 15) is 0 Å². The summed E-state index contributed by atoms with van der Waals surface area (Å²) in [5.41, 5.74) is 2.59. The molecule has 0 saturated heterocycles. The summed E-state index contributed by atoms with van der Waals surface area (Å²) in [6.45, 7) is 4.16. The van der Waals surface area contributed by atoms with Gasteiger partial charge in [0, 0.05) is 5.92 Å². The van der Waals surface area contributed by atoms with Gasteiger partial charge in [-0.3, -0.25) is 0 Å². The summed E-state index contributed by atoms with van der Waals surface area (Å²) in [4.78, 5) is 1.77. The third-order valence-corrected chi connectivity index (χ3v) is 4.82. The van der Waals surface area contributed by atoms with Gasteiger partial charge in [-0.25, -0.2) is 0 Å². The van der Waals surface area contributed by atoms with Crippen molar-refractivity contribution in [1.29, 1.82) is 0 Å². The average Bonchev–Trinajstić information content (AvgIpc) is 3.22. The zero-order valence-electron chi connectivity index (χ0n) is 15.5. The predicted molar refractivity (Wildman–Crippen MR) is 107 cm³/mol. The molecule has 0 aliphatic rings. The molecule has 4 heteroatoms. The van der Waals surface area contributed by atoms with Crippen molar-refractivity contribution >= 4 is 0 Å². The minimum absolute atomic E-state index is 0.207. The Morgan fingerprint density at radius 3 is 1.41 bits per heavy atom. The van der Waals surface area contributed by atoms with Crippen molar-refractivity contribution in [3.8, 4) is 0 Å². The molecule has 0 aliphatic heterocycles. The molecule has 0 radical (unpaired) electrons. The van der Waals surface area contributed by atoms with Gasteiger partial charge in [-0.1, -0.05) is 105 Å². The predicted octanol–water partition coefficient (Wildman–Crippen LogP) is 4.64. The Morgan fingerprint density at radius 2 is 1.07 bits per heavy atom. The molecule has 4 aromatic rings. The summed E-state index contributed by atoms with van der Waals surface area (Å²) >= 11 is 0. The van der Waals surface area contributed by atoms with Gasteiger partial charge in [0.25, 0.3) is 0 Å². The molecule has 4 rings (SSSR count). The fourth-order valence-corrected chi connectivity index (χ4v) is 3.48. The Morgan fingerprint density at radius 1 is 0.667 bits per heavy atom. The van der Waals surface area contributed by atoms with Crippen molar-refractivity contribution in [1.82, 2.24) is 20.2 Å². The first-order valence-corrected chi connectivity index (χ1v) is 9.20. The summed E-state index contributed by atoms with van der Waals surface area (Å²) in [6.07, 6.45) is 0. The normalized spacial score (nSPS) is 11.7. The Balaban J connectivity index is 2.09. The van der Waals surface area contributed by atoms with E-state index in [2.05, 4.69) is 97.0 Å². The molecule has 1 heterocycles. The molecule has 0 saturated carbocycles. The van der Waals surface area contributed by atoms with Gasteiger partial charge in [0.1, 0.15) is 0 Å². The highest BCUT2D eigenvalue weighted by Gasteiger charge is 2.41. The van der Waals surface area contributed by atoms with E-state index in [0.29, 0.717) is 0 Å². The summed E-state index contributed by atoms with van der Waals surface area (Å²) in [7, 11) is 0. The number of nitrogens with zero attached hydrogens (tertiary/aromatic N) is 4. The number of hydrogen-bond acceptors (Lipinski definition) is 3. The van der Waals surface area contributed by atoms with Gasteiger partial charge in [0.05, 0.1) is 0 Å². The first-order valence-electron chi connectivity index (χ1n) is 9.20. The van der Waals surface area contributed by atoms with Crippen molar-refractivity contribution in [2.45, 2.75) is 25.3 Å². The van der Waals surface area contributed by atoms with Crippen LogP contribution in [-0.2, 0) is 5.54 Å². The van der Waals surface area contributed by atoms with Gasteiger partial charge in [0.15, 0.2) is 11.4 Å². The van der Waals surface area contributed by atoms with Crippen molar-refractivity contribution in [3.05, 3.63) is 114 Å². The molecule has 0 fully saturated rings.